The summed E-state index contributed by atoms with van der Waals surface area (Å²) in [5.74, 6) is 0.271. The molecule has 0 unspecified atom stereocenters. The Morgan fingerprint density at radius 1 is 1.19 bits per heavy atom. The molecule has 0 bridgehead atoms. The largest absolute Gasteiger partial charge is 0.353 e. The van der Waals surface area contributed by atoms with E-state index in [0.717, 1.165) is 12.8 Å². The number of hydrogen-bond acceptors (Lipinski definition) is 5. The van der Waals surface area contributed by atoms with Crippen molar-refractivity contribution >= 4 is 17.9 Å². The first-order valence-electron chi connectivity index (χ1n) is 7.10. The monoisotopic (exact) mass is 292 g/mol. The summed E-state index contributed by atoms with van der Waals surface area (Å²) in [6, 6.07) is 1.55. The summed E-state index contributed by atoms with van der Waals surface area (Å²) >= 11 is 0. The molecule has 1 aliphatic carbocycles. The molecule has 0 spiro atoms. The third kappa shape index (κ3) is 5.64. The topological polar surface area (TPSA) is 108 Å². The Labute approximate surface area is 123 Å². The molecule has 1 aliphatic rings. The first-order valence-corrected chi connectivity index (χ1v) is 7.10. The molecule has 2 rings (SSSR count). The molecular weight excluding hydrogens is 272 g/mol. The van der Waals surface area contributed by atoms with Crippen LogP contribution >= 0.6 is 0 Å². The normalized spacial score (nSPS) is 14.5. The van der Waals surface area contributed by atoms with Crippen LogP contribution in [0.1, 0.15) is 32.1 Å². The van der Waals surface area contributed by atoms with Crippen molar-refractivity contribution in [3.8, 4) is 0 Å². The van der Waals surface area contributed by atoms with Crippen molar-refractivity contribution in [1.29, 1.82) is 0 Å². The zero-order valence-electron chi connectivity index (χ0n) is 11.8. The van der Waals surface area contributed by atoms with E-state index in [4.69, 9.17) is 0 Å². The lowest BCUT2D eigenvalue weighted by Gasteiger charge is -2.12. The molecule has 1 aromatic rings. The minimum absolute atomic E-state index is 0.0263. The lowest BCUT2D eigenvalue weighted by atomic mass is 10.2. The molecule has 1 aromatic heterocycles. The number of nitrogens with one attached hydrogen (secondary N) is 4. The Balaban J connectivity index is 1.55. The van der Waals surface area contributed by atoms with Gasteiger partial charge in [0, 0.05) is 31.4 Å². The van der Waals surface area contributed by atoms with Crippen LogP contribution in [0.25, 0.3) is 0 Å². The SMILES string of the molecule is O=C(CCNC(=O)NNc1ncccn1)NC1CCCC1. The molecular formula is C13H20N6O2. The van der Waals surface area contributed by atoms with Crippen LogP contribution in [0, 0.1) is 0 Å². The summed E-state index contributed by atoms with van der Waals surface area (Å²) < 4.78 is 0. The predicted molar refractivity (Wildman–Crippen MR) is 77.2 cm³/mol. The van der Waals surface area contributed by atoms with Crippen LogP contribution in [0.4, 0.5) is 10.7 Å². The van der Waals surface area contributed by atoms with Gasteiger partial charge in [0.05, 0.1) is 0 Å². The maximum Gasteiger partial charge on any atom is 0.333 e. The number of hydrogen-bond donors (Lipinski definition) is 4. The maximum absolute atomic E-state index is 11.6. The van der Waals surface area contributed by atoms with Crippen molar-refractivity contribution in [2.75, 3.05) is 12.0 Å². The number of carbonyl (C=O) groups is 2. The number of carbonyl (C=O) groups excluding carboxylic acids is 2. The molecule has 8 nitrogen and oxygen atoms in total. The van der Waals surface area contributed by atoms with Crippen LogP contribution < -0.4 is 21.5 Å². The minimum Gasteiger partial charge on any atom is -0.353 e. The molecule has 4 N–H and O–H groups in total. The Bertz CT molecular complexity index is 461. The molecule has 0 saturated heterocycles. The highest BCUT2D eigenvalue weighted by Gasteiger charge is 2.16. The number of nitrogens with zero attached hydrogens (tertiary/aromatic N) is 2. The van der Waals surface area contributed by atoms with Crippen LogP contribution in [0.2, 0.25) is 0 Å². The van der Waals surface area contributed by atoms with Gasteiger partial charge < -0.3 is 10.6 Å². The third-order valence-electron chi connectivity index (χ3n) is 3.21. The number of aromatic nitrogens is 2. The second kappa shape index (κ2) is 8.03. The molecule has 0 radical (unpaired) electrons. The Kier molecular flexibility index (Phi) is 5.74. The number of anilines is 1. The van der Waals surface area contributed by atoms with E-state index in [2.05, 4.69) is 31.5 Å². The highest BCUT2D eigenvalue weighted by Crippen LogP contribution is 2.17. The number of urea groups is 1. The summed E-state index contributed by atoms with van der Waals surface area (Å²) in [6.07, 6.45) is 7.86. The quantitative estimate of drug-likeness (QED) is 0.573. The molecule has 114 valence electrons. The first-order chi connectivity index (χ1) is 10.2. The van der Waals surface area contributed by atoms with E-state index in [9.17, 15) is 9.59 Å². The van der Waals surface area contributed by atoms with Crippen LogP contribution in [0.5, 0.6) is 0 Å². The number of amides is 3. The Hall–Kier alpha value is -2.38. The van der Waals surface area contributed by atoms with Gasteiger partial charge in [-0.15, -0.1) is 0 Å². The fourth-order valence-corrected chi connectivity index (χ4v) is 2.18. The fourth-order valence-electron chi connectivity index (χ4n) is 2.18. The van der Waals surface area contributed by atoms with E-state index in [0.29, 0.717) is 12.0 Å². The smallest absolute Gasteiger partial charge is 0.333 e. The van der Waals surface area contributed by atoms with E-state index >= 15 is 0 Å². The van der Waals surface area contributed by atoms with Crippen molar-refractivity contribution in [1.82, 2.24) is 26.0 Å². The Morgan fingerprint density at radius 3 is 2.62 bits per heavy atom. The summed E-state index contributed by atoms with van der Waals surface area (Å²) in [5, 5.41) is 5.54. The van der Waals surface area contributed by atoms with E-state index in [1.807, 2.05) is 0 Å². The van der Waals surface area contributed by atoms with Gasteiger partial charge in [-0.25, -0.2) is 20.2 Å². The van der Waals surface area contributed by atoms with Gasteiger partial charge in [0.2, 0.25) is 11.9 Å². The standard InChI is InChI=1S/C13H20N6O2/c20-11(17-10-4-1-2-5-10)6-9-16-13(21)19-18-12-14-7-3-8-15-12/h3,7-8,10H,1-2,4-6,9H2,(H,17,20)(H,14,15,18)(H2,16,19,21). The van der Waals surface area contributed by atoms with Gasteiger partial charge in [-0.1, -0.05) is 12.8 Å². The summed E-state index contributed by atoms with van der Waals surface area (Å²) in [5.41, 5.74) is 4.95. The lowest BCUT2D eigenvalue weighted by Crippen LogP contribution is -2.41. The molecule has 3 amide bonds. The van der Waals surface area contributed by atoms with E-state index in [-0.39, 0.29) is 18.9 Å². The second-order valence-electron chi connectivity index (χ2n) is 4.88. The Morgan fingerprint density at radius 2 is 1.90 bits per heavy atom. The number of rotatable bonds is 6. The molecule has 8 heteroatoms. The third-order valence-corrected chi connectivity index (χ3v) is 3.21. The van der Waals surface area contributed by atoms with Crippen molar-refractivity contribution in [3.05, 3.63) is 18.5 Å². The van der Waals surface area contributed by atoms with Crippen molar-refractivity contribution in [2.45, 2.75) is 38.1 Å². The average molecular weight is 292 g/mol. The van der Waals surface area contributed by atoms with Gasteiger partial charge in [-0.05, 0) is 18.9 Å². The summed E-state index contributed by atoms with van der Waals surface area (Å²) in [6.45, 7) is 0.279. The molecule has 0 aliphatic heterocycles. The lowest BCUT2D eigenvalue weighted by molar-refractivity contribution is -0.121. The predicted octanol–water partition coefficient (Wildman–Crippen LogP) is 0.552. The van der Waals surface area contributed by atoms with Crippen LogP contribution in [-0.4, -0.2) is 34.5 Å². The number of hydrazine groups is 1. The highest BCUT2D eigenvalue weighted by molar-refractivity contribution is 5.78. The van der Waals surface area contributed by atoms with Gasteiger partial charge in [0.15, 0.2) is 0 Å². The van der Waals surface area contributed by atoms with Gasteiger partial charge in [-0.2, -0.15) is 0 Å². The van der Waals surface area contributed by atoms with Crippen LogP contribution in [0.3, 0.4) is 0 Å². The summed E-state index contributed by atoms with van der Waals surface area (Å²) in [4.78, 5) is 30.9. The zero-order valence-corrected chi connectivity index (χ0v) is 11.8. The average Bonchev–Trinajstić information content (AvgIpc) is 2.99. The first kappa shape index (κ1) is 15.0. The van der Waals surface area contributed by atoms with Crippen LogP contribution in [0.15, 0.2) is 18.5 Å². The highest BCUT2D eigenvalue weighted by atomic mass is 16.2. The molecule has 1 saturated carbocycles. The molecule has 21 heavy (non-hydrogen) atoms. The van der Waals surface area contributed by atoms with Crippen LogP contribution in [-0.2, 0) is 4.79 Å². The fraction of sp³-hybridized carbons (Fsp3) is 0.538. The van der Waals surface area contributed by atoms with Crippen molar-refractivity contribution in [3.63, 3.8) is 0 Å². The minimum atomic E-state index is -0.434. The van der Waals surface area contributed by atoms with Gasteiger partial charge in [0.1, 0.15) is 0 Å². The van der Waals surface area contributed by atoms with Crippen molar-refractivity contribution < 1.29 is 9.59 Å². The van der Waals surface area contributed by atoms with Gasteiger partial charge in [-0.3, -0.25) is 10.2 Å². The maximum atomic E-state index is 11.6. The summed E-state index contributed by atoms with van der Waals surface area (Å²) in [7, 11) is 0. The molecule has 1 fully saturated rings. The van der Waals surface area contributed by atoms with E-state index < -0.39 is 6.03 Å². The van der Waals surface area contributed by atoms with Gasteiger partial charge in [0.25, 0.3) is 0 Å². The molecule has 1 heterocycles. The van der Waals surface area contributed by atoms with E-state index in [1.165, 1.54) is 12.8 Å². The molecule has 0 aromatic carbocycles. The second-order valence-corrected chi connectivity index (χ2v) is 4.88. The van der Waals surface area contributed by atoms with Gasteiger partial charge >= 0.3 is 6.03 Å². The van der Waals surface area contributed by atoms with Crippen molar-refractivity contribution in [2.24, 2.45) is 0 Å². The van der Waals surface area contributed by atoms with E-state index in [1.54, 1.807) is 18.5 Å². The zero-order chi connectivity index (χ0) is 14.9. The molecule has 0 atom stereocenters.